The minimum Gasteiger partial charge on any atom is -0.491 e. The molecule has 0 aliphatic heterocycles. The van der Waals surface area contributed by atoms with Crippen molar-refractivity contribution < 1.29 is 14.3 Å². The van der Waals surface area contributed by atoms with E-state index in [0.717, 1.165) is 54.6 Å². The fraction of sp³-hybridized carbons (Fsp3) is 0.571. The van der Waals surface area contributed by atoms with Crippen LogP contribution in [0.1, 0.15) is 69.4 Å². The van der Waals surface area contributed by atoms with Crippen molar-refractivity contribution in [1.82, 2.24) is 4.57 Å². The predicted molar refractivity (Wildman–Crippen MR) is 103 cm³/mol. The van der Waals surface area contributed by atoms with Crippen molar-refractivity contribution in [2.75, 3.05) is 6.61 Å². The Balaban J connectivity index is 2.49. The zero-order valence-corrected chi connectivity index (χ0v) is 16.2. The number of esters is 1. The van der Waals surface area contributed by atoms with Gasteiger partial charge in [-0.2, -0.15) is 0 Å². The maximum Gasteiger partial charge on any atom is 0.340 e. The molecule has 1 aromatic heterocycles. The summed E-state index contributed by atoms with van der Waals surface area (Å²) in [6.07, 6.45) is 4.46. The van der Waals surface area contributed by atoms with Gasteiger partial charge in [0.05, 0.1) is 18.3 Å². The molecule has 0 saturated heterocycles. The number of hydrogen-bond acceptors (Lipinski definition) is 3. The van der Waals surface area contributed by atoms with Gasteiger partial charge in [-0.1, -0.05) is 26.7 Å². The quantitative estimate of drug-likeness (QED) is 0.564. The summed E-state index contributed by atoms with van der Waals surface area (Å²) in [4.78, 5) is 12.5. The van der Waals surface area contributed by atoms with Crippen LogP contribution in [0, 0.1) is 6.92 Å². The Labute approximate surface area is 151 Å². The van der Waals surface area contributed by atoms with Crippen molar-refractivity contribution in [3.05, 3.63) is 29.5 Å². The van der Waals surface area contributed by atoms with Crippen molar-refractivity contribution in [2.45, 2.75) is 73.0 Å². The van der Waals surface area contributed by atoms with Gasteiger partial charge in [0, 0.05) is 23.1 Å². The smallest absolute Gasteiger partial charge is 0.340 e. The third kappa shape index (κ3) is 4.36. The Kier molecular flexibility index (Phi) is 6.91. The number of hydrogen-bond donors (Lipinski definition) is 0. The van der Waals surface area contributed by atoms with Crippen LogP contribution < -0.4 is 4.74 Å². The molecule has 0 radical (unpaired) electrons. The predicted octanol–water partition coefficient (Wildman–Crippen LogP) is 5.49. The molecule has 4 heteroatoms. The lowest BCUT2D eigenvalue weighted by Gasteiger charge is -2.14. The molecule has 0 fully saturated rings. The number of aromatic nitrogens is 1. The van der Waals surface area contributed by atoms with Gasteiger partial charge >= 0.3 is 5.97 Å². The number of rotatable bonds is 9. The molecule has 1 aromatic carbocycles. The second kappa shape index (κ2) is 8.93. The van der Waals surface area contributed by atoms with Crippen molar-refractivity contribution in [3.63, 3.8) is 0 Å². The van der Waals surface area contributed by atoms with E-state index in [0.29, 0.717) is 12.2 Å². The van der Waals surface area contributed by atoms with Crippen LogP contribution in [-0.4, -0.2) is 23.2 Å². The van der Waals surface area contributed by atoms with Crippen LogP contribution >= 0.6 is 0 Å². The second-order valence-corrected chi connectivity index (χ2v) is 6.58. The maximum absolute atomic E-state index is 12.5. The van der Waals surface area contributed by atoms with Crippen molar-refractivity contribution in [3.8, 4) is 5.75 Å². The molecule has 138 valence electrons. The molecule has 2 rings (SSSR count). The lowest BCUT2D eigenvalue weighted by Crippen LogP contribution is -2.11. The third-order valence-electron chi connectivity index (χ3n) is 4.54. The van der Waals surface area contributed by atoms with E-state index in [-0.39, 0.29) is 12.1 Å². The number of carbonyl (C=O) groups excluding carboxylic acids is 1. The standard InChI is InChI=1S/C21H31NO3/c1-6-9-13-22-16(5)20(21(23)24-8-3)18-14-17(11-12-19(18)22)25-15(4)10-7-2/h11-12,14-15H,6-10,13H2,1-5H3/t15-/m1/s1. The fourth-order valence-electron chi connectivity index (χ4n) is 3.30. The van der Waals surface area contributed by atoms with Crippen LogP contribution in [0.5, 0.6) is 5.75 Å². The second-order valence-electron chi connectivity index (χ2n) is 6.58. The largest absolute Gasteiger partial charge is 0.491 e. The number of nitrogens with zero attached hydrogens (tertiary/aromatic N) is 1. The lowest BCUT2D eigenvalue weighted by atomic mass is 10.1. The van der Waals surface area contributed by atoms with Crippen molar-refractivity contribution >= 4 is 16.9 Å². The maximum atomic E-state index is 12.5. The average Bonchev–Trinajstić information content (AvgIpc) is 2.84. The van der Waals surface area contributed by atoms with Crippen LogP contribution in [-0.2, 0) is 11.3 Å². The van der Waals surface area contributed by atoms with E-state index in [1.54, 1.807) is 0 Å². The highest BCUT2D eigenvalue weighted by molar-refractivity contribution is 6.06. The Morgan fingerprint density at radius 2 is 1.96 bits per heavy atom. The molecule has 4 nitrogen and oxygen atoms in total. The summed E-state index contributed by atoms with van der Waals surface area (Å²) < 4.78 is 13.6. The van der Waals surface area contributed by atoms with E-state index in [4.69, 9.17) is 9.47 Å². The van der Waals surface area contributed by atoms with Gasteiger partial charge in [0.25, 0.3) is 0 Å². The number of unbranched alkanes of at least 4 members (excludes halogenated alkanes) is 1. The molecule has 0 aliphatic rings. The van der Waals surface area contributed by atoms with Gasteiger partial charge in [-0.15, -0.1) is 0 Å². The van der Waals surface area contributed by atoms with Gasteiger partial charge in [0.2, 0.25) is 0 Å². The molecule has 0 aliphatic carbocycles. The minimum absolute atomic E-state index is 0.164. The summed E-state index contributed by atoms with van der Waals surface area (Å²) in [5.74, 6) is 0.561. The van der Waals surface area contributed by atoms with Gasteiger partial charge < -0.3 is 14.0 Å². The first-order valence-corrected chi connectivity index (χ1v) is 9.50. The Bertz CT molecular complexity index is 717. The number of carbonyl (C=O) groups is 1. The number of benzene rings is 1. The highest BCUT2D eigenvalue weighted by Gasteiger charge is 2.21. The summed E-state index contributed by atoms with van der Waals surface area (Å²) in [5.41, 5.74) is 2.71. The average molecular weight is 345 g/mol. The summed E-state index contributed by atoms with van der Waals surface area (Å²) in [6, 6.07) is 6.06. The number of fused-ring (bicyclic) bond motifs is 1. The van der Waals surface area contributed by atoms with Crippen molar-refractivity contribution in [2.24, 2.45) is 0 Å². The minimum atomic E-state index is -0.251. The van der Waals surface area contributed by atoms with E-state index in [2.05, 4.69) is 31.4 Å². The van der Waals surface area contributed by atoms with Crippen LogP contribution in [0.3, 0.4) is 0 Å². The van der Waals surface area contributed by atoms with E-state index >= 15 is 0 Å². The van der Waals surface area contributed by atoms with Gasteiger partial charge in [-0.05, 0) is 51.8 Å². The lowest BCUT2D eigenvalue weighted by molar-refractivity contribution is 0.0527. The summed E-state index contributed by atoms with van der Waals surface area (Å²) in [6.45, 7) is 11.5. The number of ether oxygens (including phenoxy) is 2. The van der Waals surface area contributed by atoms with Crippen LogP contribution in [0.15, 0.2) is 18.2 Å². The van der Waals surface area contributed by atoms with Crippen LogP contribution in [0.4, 0.5) is 0 Å². The van der Waals surface area contributed by atoms with Gasteiger partial charge in [-0.3, -0.25) is 0 Å². The highest BCUT2D eigenvalue weighted by atomic mass is 16.5. The summed E-state index contributed by atoms with van der Waals surface area (Å²) >= 11 is 0. The van der Waals surface area contributed by atoms with Crippen LogP contribution in [0.25, 0.3) is 10.9 Å². The molecule has 2 aromatic rings. The fourth-order valence-corrected chi connectivity index (χ4v) is 3.30. The zero-order chi connectivity index (χ0) is 18.4. The molecule has 0 saturated carbocycles. The Hall–Kier alpha value is -1.97. The first kappa shape index (κ1) is 19.4. The Morgan fingerprint density at radius 3 is 2.60 bits per heavy atom. The topological polar surface area (TPSA) is 40.5 Å². The summed E-state index contributed by atoms with van der Waals surface area (Å²) in [5, 5.41) is 0.924. The molecule has 0 bridgehead atoms. The highest BCUT2D eigenvalue weighted by Crippen LogP contribution is 2.31. The molecule has 1 heterocycles. The normalized spacial score (nSPS) is 12.4. The van der Waals surface area contributed by atoms with E-state index in [1.807, 2.05) is 26.0 Å². The van der Waals surface area contributed by atoms with E-state index in [1.165, 1.54) is 0 Å². The number of aryl methyl sites for hydroxylation is 1. The molecular formula is C21H31NO3. The van der Waals surface area contributed by atoms with E-state index in [9.17, 15) is 4.79 Å². The molecule has 0 unspecified atom stereocenters. The third-order valence-corrected chi connectivity index (χ3v) is 4.54. The van der Waals surface area contributed by atoms with Gasteiger partial charge in [0.15, 0.2) is 0 Å². The van der Waals surface area contributed by atoms with Gasteiger partial charge in [0.1, 0.15) is 5.75 Å². The Morgan fingerprint density at radius 1 is 1.20 bits per heavy atom. The monoisotopic (exact) mass is 345 g/mol. The zero-order valence-electron chi connectivity index (χ0n) is 16.2. The molecule has 0 amide bonds. The molecular weight excluding hydrogens is 314 g/mol. The molecule has 0 N–H and O–H groups in total. The first-order valence-electron chi connectivity index (χ1n) is 9.50. The summed E-state index contributed by atoms with van der Waals surface area (Å²) in [7, 11) is 0. The van der Waals surface area contributed by atoms with Crippen LogP contribution in [0.2, 0.25) is 0 Å². The van der Waals surface area contributed by atoms with E-state index < -0.39 is 0 Å². The SMILES string of the molecule is CCCCn1c(C)c(C(=O)OCC)c2cc(O[C@H](C)CCC)ccc21. The van der Waals surface area contributed by atoms with Gasteiger partial charge in [-0.25, -0.2) is 4.79 Å². The molecule has 1 atom stereocenters. The molecule has 25 heavy (non-hydrogen) atoms. The van der Waals surface area contributed by atoms with Crippen molar-refractivity contribution in [1.29, 1.82) is 0 Å². The first-order chi connectivity index (χ1) is 12.0. The molecule has 0 spiro atoms.